The van der Waals surface area contributed by atoms with Gasteiger partial charge in [0.1, 0.15) is 0 Å². The topological polar surface area (TPSA) is 53.2 Å². The van der Waals surface area contributed by atoms with Gasteiger partial charge in [0.05, 0.1) is 0 Å². The van der Waals surface area contributed by atoms with Gasteiger partial charge in [-0.2, -0.15) is 0 Å². The Bertz CT molecular complexity index is 1120. The van der Waals surface area contributed by atoms with Crippen molar-refractivity contribution in [3.8, 4) is 0 Å². The van der Waals surface area contributed by atoms with Gasteiger partial charge < -0.3 is 16.0 Å². The fourth-order valence-corrected chi connectivity index (χ4v) is 5.00. The van der Waals surface area contributed by atoms with Crippen LogP contribution in [0.1, 0.15) is 62.1 Å². The number of hydrogen-bond donors (Lipinski definition) is 3. The molecule has 1 amide bonds. The molecule has 196 valence electrons. The number of allylic oxidation sites excluding steroid dienone is 7. The van der Waals surface area contributed by atoms with Crippen molar-refractivity contribution < 1.29 is 4.79 Å². The lowest BCUT2D eigenvalue weighted by molar-refractivity contribution is -0.120. The highest BCUT2D eigenvalue weighted by Gasteiger charge is 2.19. The number of carbonyl (C=O) groups excluding carboxylic acids is 1. The summed E-state index contributed by atoms with van der Waals surface area (Å²) in [6.07, 6.45) is 10.8. The fourth-order valence-electron chi connectivity index (χ4n) is 5.00. The van der Waals surface area contributed by atoms with Crippen molar-refractivity contribution in [2.45, 2.75) is 51.9 Å². The third kappa shape index (κ3) is 8.06. The van der Waals surface area contributed by atoms with Crippen LogP contribution < -0.4 is 16.0 Å². The second-order valence-electron chi connectivity index (χ2n) is 9.46. The van der Waals surface area contributed by atoms with Crippen molar-refractivity contribution >= 4 is 17.1 Å². The lowest BCUT2D eigenvalue weighted by atomic mass is 9.82. The SMILES string of the molecule is C=CC1=C(NC)CCC(/C(=C(\CC)c2ccccc2)c2ccc(CCCNCCCC(=O)NC)cc2)=C1. The highest BCUT2D eigenvalue weighted by molar-refractivity contribution is 5.98. The van der Waals surface area contributed by atoms with Crippen molar-refractivity contribution in [3.05, 3.63) is 107 Å². The first-order valence-corrected chi connectivity index (χ1v) is 13.6. The summed E-state index contributed by atoms with van der Waals surface area (Å²) >= 11 is 0. The van der Waals surface area contributed by atoms with Gasteiger partial charge in [-0.3, -0.25) is 4.79 Å². The van der Waals surface area contributed by atoms with Crippen molar-refractivity contribution in [1.29, 1.82) is 0 Å². The minimum absolute atomic E-state index is 0.108. The molecule has 0 saturated heterocycles. The fraction of sp³-hybridized carbons (Fsp3) is 0.364. The number of amides is 1. The molecule has 0 unspecified atom stereocenters. The molecule has 0 saturated carbocycles. The van der Waals surface area contributed by atoms with Crippen LogP contribution in [-0.2, 0) is 11.2 Å². The zero-order valence-corrected chi connectivity index (χ0v) is 22.8. The summed E-state index contributed by atoms with van der Waals surface area (Å²) in [5, 5.41) is 9.48. The molecule has 1 aliphatic carbocycles. The number of nitrogens with one attached hydrogen (secondary N) is 3. The van der Waals surface area contributed by atoms with Crippen LogP contribution in [-0.4, -0.2) is 33.1 Å². The highest BCUT2D eigenvalue weighted by Crippen LogP contribution is 2.39. The molecule has 3 N–H and O–H groups in total. The molecule has 0 atom stereocenters. The van der Waals surface area contributed by atoms with E-state index in [9.17, 15) is 4.79 Å². The molecular weight excluding hydrogens is 454 g/mol. The van der Waals surface area contributed by atoms with E-state index in [1.54, 1.807) is 7.05 Å². The average Bonchev–Trinajstić information content (AvgIpc) is 2.95. The zero-order chi connectivity index (χ0) is 26.5. The van der Waals surface area contributed by atoms with E-state index in [1.165, 1.54) is 44.7 Å². The number of benzene rings is 2. The summed E-state index contributed by atoms with van der Waals surface area (Å²) in [5.74, 6) is 0.108. The number of rotatable bonds is 14. The third-order valence-electron chi connectivity index (χ3n) is 7.04. The Labute approximate surface area is 223 Å². The number of hydrogen-bond acceptors (Lipinski definition) is 3. The van der Waals surface area contributed by atoms with Crippen molar-refractivity contribution in [2.24, 2.45) is 0 Å². The maximum absolute atomic E-state index is 11.3. The standard InChI is InChI=1S/C33H43N3O/c1-5-26-24-29(20-21-31(26)34-3)33(30(6-2)27-13-8-7-9-14-27)28-18-16-25(17-19-28)12-10-22-36-23-11-15-32(37)35-4/h5,7-9,13-14,16-19,24,34,36H,1,6,10-12,15,20-23H2,2-4H3,(H,35,37)/b33-30+. The molecule has 0 bridgehead atoms. The largest absolute Gasteiger partial charge is 0.391 e. The van der Waals surface area contributed by atoms with E-state index in [0.29, 0.717) is 6.42 Å². The van der Waals surface area contributed by atoms with E-state index >= 15 is 0 Å². The molecule has 0 radical (unpaired) electrons. The molecule has 1 aliphatic rings. The highest BCUT2D eigenvalue weighted by atomic mass is 16.1. The van der Waals surface area contributed by atoms with Gasteiger partial charge in [0.25, 0.3) is 0 Å². The van der Waals surface area contributed by atoms with Crippen molar-refractivity contribution in [2.75, 3.05) is 27.2 Å². The van der Waals surface area contributed by atoms with Crippen LogP contribution in [0.4, 0.5) is 0 Å². The maximum Gasteiger partial charge on any atom is 0.219 e. The van der Waals surface area contributed by atoms with Crippen LogP contribution in [0.15, 0.2) is 90.2 Å². The molecule has 2 aromatic rings. The summed E-state index contributed by atoms with van der Waals surface area (Å²) in [6, 6.07) is 19.9. The molecule has 37 heavy (non-hydrogen) atoms. The monoisotopic (exact) mass is 497 g/mol. The zero-order valence-electron chi connectivity index (χ0n) is 22.8. The van der Waals surface area contributed by atoms with Crippen LogP contribution in [0.2, 0.25) is 0 Å². The lowest BCUT2D eigenvalue weighted by Crippen LogP contribution is -2.21. The predicted molar refractivity (Wildman–Crippen MR) is 158 cm³/mol. The predicted octanol–water partition coefficient (Wildman–Crippen LogP) is 6.44. The summed E-state index contributed by atoms with van der Waals surface area (Å²) in [7, 11) is 3.68. The van der Waals surface area contributed by atoms with Gasteiger partial charge in [0.15, 0.2) is 0 Å². The summed E-state index contributed by atoms with van der Waals surface area (Å²) in [5.41, 5.74) is 10.5. The molecule has 0 aromatic heterocycles. The second-order valence-corrected chi connectivity index (χ2v) is 9.46. The second kappa shape index (κ2) is 15.0. The van der Waals surface area contributed by atoms with Gasteiger partial charge in [0, 0.05) is 26.2 Å². The van der Waals surface area contributed by atoms with Crippen LogP contribution in [0.25, 0.3) is 11.1 Å². The first kappa shape index (κ1) is 28.2. The Kier molecular flexibility index (Phi) is 11.4. The van der Waals surface area contributed by atoms with E-state index in [-0.39, 0.29) is 5.91 Å². The van der Waals surface area contributed by atoms with Crippen LogP contribution in [0.5, 0.6) is 0 Å². The van der Waals surface area contributed by atoms with Crippen LogP contribution in [0.3, 0.4) is 0 Å². The minimum atomic E-state index is 0.108. The normalized spacial score (nSPS) is 14.1. The van der Waals surface area contributed by atoms with Crippen LogP contribution in [0, 0.1) is 0 Å². The van der Waals surface area contributed by atoms with Gasteiger partial charge in [-0.1, -0.05) is 74.2 Å². The van der Waals surface area contributed by atoms with Gasteiger partial charge in [-0.15, -0.1) is 0 Å². The van der Waals surface area contributed by atoms with E-state index in [0.717, 1.165) is 51.6 Å². The summed E-state index contributed by atoms with van der Waals surface area (Å²) < 4.78 is 0. The molecule has 4 nitrogen and oxygen atoms in total. The molecule has 0 spiro atoms. The molecule has 0 aliphatic heterocycles. The van der Waals surface area contributed by atoms with Crippen molar-refractivity contribution in [1.82, 2.24) is 16.0 Å². The van der Waals surface area contributed by atoms with E-state index < -0.39 is 0 Å². The van der Waals surface area contributed by atoms with Crippen molar-refractivity contribution in [3.63, 3.8) is 0 Å². The van der Waals surface area contributed by atoms with Crippen LogP contribution >= 0.6 is 0 Å². The average molecular weight is 498 g/mol. The van der Waals surface area contributed by atoms with E-state index in [2.05, 4.69) is 90.1 Å². The Morgan fingerprint density at radius 1 is 0.946 bits per heavy atom. The van der Waals surface area contributed by atoms with Gasteiger partial charge in [-0.05, 0) is 96.7 Å². The molecule has 0 fully saturated rings. The number of carbonyl (C=O) groups is 1. The minimum Gasteiger partial charge on any atom is -0.391 e. The van der Waals surface area contributed by atoms with Gasteiger partial charge >= 0.3 is 0 Å². The smallest absolute Gasteiger partial charge is 0.219 e. The maximum atomic E-state index is 11.3. The van der Waals surface area contributed by atoms with E-state index in [1.807, 2.05) is 13.1 Å². The number of aryl methyl sites for hydroxylation is 1. The van der Waals surface area contributed by atoms with Gasteiger partial charge in [0.2, 0.25) is 5.91 Å². The molecule has 4 heteroatoms. The third-order valence-corrected chi connectivity index (χ3v) is 7.04. The summed E-state index contributed by atoms with van der Waals surface area (Å²) in [4.78, 5) is 11.3. The molecule has 0 heterocycles. The lowest BCUT2D eigenvalue weighted by Gasteiger charge is -2.24. The van der Waals surface area contributed by atoms with E-state index in [4.69, 9.17) is 0 Å². The Morgan fingerprint density at radius 2 is 1.68 bits per heavy atom. The Balaban J connectivity index is 1.78. The molecule has 3 rings (SSSR count). The quantitative estimate of drug-likeness (QED) is 0.208. The Morgan fingerprint density at radius 3 is 2.32 bits per heavy atom. The molecule has 2 aromatic carbocycles. The van der Waals surface area contributed by atoms with Gasteiger partial charge in [-0.25, -0.2) is 0 Å². The first-order valence-electron chi connectivity index (χ1n) is 13.6. The summed E-state index contributed by atoms with van der Waals surface area (Å²) in [6.45, 7) is 8.17. The first-order chi connectivity index (χ1) is 18.1. The Hall–Kier alpha value is -3.37. The molecular formula is C33H43N3O.